The van der Waals surface area contributed by atoms with Gasteiger partial charge in [0.05, 0.1) is 7.11 Å². The van der Waals surface area contributed by atoms with Gasteiger partial charge in [-0.3, -0.25) is 9.59 Å². The maximum absolute atomic E-state index is 12.0. The largest absolute Gasteiger partial charge is 0.468 e. The van der Waals surface area contributed by atoms with Crippen LogP contribution in [0.4, 0.5) is 0 Å². The fourth-order valence-corrected chi connectivity index (χ4v) is 2.33. The molecule has 4 heteroatoms. The number of hydrogen-bond donors (Lipinski definition) is 0. The van der Waals surface area contributed by atoms with Crippen molar-refractivity contribution in [3.63, 3.8) is 0 Å². The fraction of sp³-hybridized carbons (Fsp3) is 0.300. The van der Waals surface area contributed by atoms with Crippen LogP contribution in [-0.4, -0.2) is 19.0 Å². The minimum atomic E-state index is -0.950. The first-order valence-electron chi connectivity index (χ1n) is 7.81. The summed E-state index contributed by atoms with van der Waals surface area (Å²) in [6.07, 6.45) is 0. The molecule has 2 aromatic carbocycles. The lowest BCUT2D eigenvalue weighted by atomic mass is 9.99. The van der Waals surface area contributed by atoms with Gasteiger partial charge in [0, 0.05) is 0 Å². The molecule has 4 nitrogen and oxygen atoms in total. The van der Waals surface area contributed by atoms with Gasteiger partial charge in [0.25, 0.3) is 0 Å². The number of methoxy groups -OCH3 is 1. The summed E-state index contributed by atoms with van der Waals surface area (Å²) in [7, 11) is 1.25. The summed E-state index contributed by atoms with van der Waals surface area (Å²) in [6.45, 7) is 7.49. The van der Waals surface area contributed by atoms with Gasteiger partial charge in [-0.15, -0.1) is 0 Å². The Kier molecular flexibility index (Phi) is 5.39. The molecular weight excluding hydrogens is 304 g/mol. The number of esters is 2. The van der Waals surface area contributed by atoms with Gasteiger partial charge in [-0.1, -0.05) is 24.3 Å². The van der Waals surface area contributed by atoms with Crippen molar-refractivity contribution in [3.05, 3.63) is 53.1 Å². The highest BCUT2D eigenvalue weighted by atomic mass is 16.6. The molecule has 1 unspecified atom stereocenters. The first kappa shape index (κ1) is 17.7. The number of benzene rings is 2. The molecule has 0 spiro atoms. The normalized spacial score (nSPS) is 11.7. The third kappa shape index (κ3) is 3.82. The van der Waals surface area contributed by atoms with Crippen molar-refractivity contribution >= 4 is 11.9 Å². The Hall–Kier alpha value is -2.62. The molecule has 24 heavy (non-hydrogen) atoms. The van der Waals surface area contributed by atoms with Crippen LogP contribution in [0.5, 0.6) is 5.75 Å². The Bertz CT molecular complexity index is 777. The second kappa shape index (κ2) is 7.30. The van der Waals surface area contributed by atoms with Gasteiger partial charge in [0.1, 0.15) is 5.75 Å². The summed E-state index contributed by atoms with van der Waals surface area (Å²) in [5, 5.41) is 0. The highest BCUT2D eigenvalue weighted by Gasteiger charge is 2.24. The van der Waals surface area contributed by atoms with E-state index in [0.717, 1.165) is 16.7 Å². The highest BCUT2D eigenvalue weighted by Crippen LogP contribution is 2.28. The number of ether oxygens (including phenoxy) is 2. The van der Waals surface area contributed by atoms with Crippen LogP contribution >= 0.6 is 0 Å². The summed E-state index contributed by atoms with van der Waals surface area (Å²) in [5.41, 5.74) is 5.47. The van der Waals surface area contributed by atoms with Crippen molar-refractivity contribution in [3.8, 4) is 16.9 Å². The molecule has 0 aliphatic heterocycles. The van der Waals surface area contributed by atoms with Crippen LogP contribution in [0.1, 0.15) is 23.6 Å². The molecule has 0 saturated heterocycles. The summed E-state index contributed by atoms with van der Waals surface area (Å²) in [6, 6.07) is 11.9. The zero-order chi connectivity index (χ0) is 17.9. The van der Waals surface area contributed by atoms with Crippen LogP contribution in [0.25, 0.3) is 11.1 Å². The molecule has 1 atom stereocenters. The number of hydrogen-bond acceptors (Lipinski definition) is 4. The van der Waals surface area contributed by atoms with Gasteiger partial charge in [-0.05, 0) is 67.6 Å². The molecule has 0 radical (unpaired) electrons. The van der Waals surface area contributed by atoms with E-state index in [1.165, 1.54) is 25.2 Å². The molecule has 0 fully saturated rings. The monoisotopic (exact) mass is 326 g/mol. The van der Waals surface area contributed by atoms with E-state index < -0.39 is 17.9 Å². The lowest BCUT2D eigenvalue weighted by molar-refractivity contribution is -0.154. The number of aryl methyl sites for hydroxylation is 3. The van der Waals surface area contributed by atoms with Crippen LogP contribution in [-0.2, 0) is 14.3 Å². The Labute approximate surface area is 142 Å². The number of carbonyl (C=O) groups is 2. The Morgan fingerprint density at radius 2 is 1.42 bits per heavy atom. The topological polar surface area (TPSA) is 52.6 Å². The quantitative estimate of drug-likeness (QED) is 0.484. The number of rotatable bonds is 4. The van der Waals surface area contributed by atoms with E-state index in [4.69, 9.17) is 4.74 Å². The molecule has 0 N–H and O–H groups in total. The molecule has 126 valence electrons. The SMILES string of the molecule is COC(=O)C(C)C(=O)Oc1ccc(-c2ccc(C)c(C)c2)cc1C. The second-order valence-corrected chi connectivity index (χ2v) is 5.95. The zero-order valence-corrected chi connectivity index (χ0v) is 14.7. The van der Waals surface area contributed by atoms with E-state index in [9.17, 15) is 9.59 Å². The molecule has 2 aromatic rings. The van der Waals surface area contributed by atoms with E-state index in [0.29, 0.717) is 5.75 Å². The summed E-state index contributed by atoms with van der Waals surface area (Å²) < 4.78 is 9.88. The minimum Gasteiger partial charge on any atom is -0.468 e. The van der Waals surface area contributed by atoms with Crippen molar-refractivity contribution in [1.29, 1.82) is 0 Å². The molecule has 0 aliphatic rings. The first-order valence-corrected chi connectivity index (χ1v) is 7.81. The van der Waals surface area contributed by atoms with Crippen molar-refractivity contribution in [2.75, 3.05) is 7.11 Å². The highest BCUT2D eigenvalue weighted by molar-refractivity contribution is 5.95. The van der Waals surface area contributed by atoms with Gasteiger partial charge >= 0.3 is 11.9 Å². The number of carbonyl (C=O) groups excluding carboxylic acids is 2. The van der Waals surface area contributed by atoms with Gasteiger partial charge < -0.3 is 9.47 Å². The third-order valence-electron chi connectivity index (χ3n) is 4.13. The molecule has 0 aliphatic carbocycles. The van der Waals surface area contributed by atoms with Crippen molar-refractivity contribution in [1.82, 2.24) is 0 Å². The van der Waals surface area contributed by atoms with Crippen LogP contribution in [0.2, 0.25) is 0 Å². The van der Waals surface area contributed by atoms with Crippen LogP contribution in [0, 0.1) is 26.7 Å². The van der Waals surface area contributed by atoms with E-state index in [-0.39, 0.29) is 0 Å². The van der Waals surface area contributed by atoms with Crippen molar-refractivity contribution in [2.24, 2.45) is 5.92 Å². The third-order valence-corrected chi connectivity index (χ3v) is 4.13. The van der Waals surface area contributed by atoms with E-state index in [1.807, 2.05) is 19.1 Å². The summed E-state index contributed by atoms with van der Waals surface area (Å²) in [5.74, 6) is -1.73. The van der Waals surface area contributed by atoms with Crippen molar-refractivity contribution < 1.29 is 19.1 Å². The predicted octanol–water partition coefficient (Wildman–Crippen LogP) is 3.99. The summed E-state index contributed by atoms with van der Waals surface area (Å²) in [4.78, 5) is 23.4. The minimum absolute atomic E-state index is 0.448. The maximum atomic E-state index is 12.0. The second-order valence-electron chi connectivity index (χ2n) is 5.95. The van der Waals surface area contributed by atoms with Gasteiger partial charge in [0.15, 0.2) is 5.92 Å². The smallest absolute Gasteiger partial charge is 0.325 e. The van der Waals surface area contributed by atoms with Gasteiger partial charge in [0.2, 0.25) is 0 Å². The standard InChI is InChI=1S/C20H22O4/c1-12-6-7-16(10-13(12)2)17-8-9-18(14(3)11-17)24-20(22)15(4)19(21)23-5/h6-11,15H,1-5H3. The molecule has 0 amide bonds. The molecule has 0 bridgehead atoms. The summed E-state index contributed by atoms with van der Waals surface area (Å²) >= 11 is 0. The molecule has 2 rings (SSSR count). The van der Waals surface area contributed by atoms with Crippen molar-refractivity contribution in [2.45, 2.75) is 27.7 Å². The molecular formula is C20H22O4. The molecule has 0 saturated carbocycles. The maximum Gasteiger partial charge on any atom is 0.325 e. The van der Waals surface area contributed by atoms with E-state index in [1.54, 1.807) is 6.07 Å². The lowest BCUT2D eigenvalue weighted by Gasteiger charge is -2.12. The van der Waals surface area contributed by atoms with Crippen LogP contribution in [0.15, 0.2) is 36.4 Å². The Balaban J connectivity index is 2.22. The Morgan fingerprint density at radius 1 is 0.833 bits per heavy atom. The lowest BCUT2D eigenvalue weighted by Crippen LogP contribution is -2.26. The fourth-order valence-electron chi connectivity index (χ4n) is 2.33. The average molecular weight is 326 g/mol. The van der Waals surface area contributed by atoms with Crippen LogP contribution in [0.3, 0.4) is 0 Å². The average Bonchev–Trinajstić information content (AvgIpc) is 2.57. The van der Waals surface area contributed by atoms with E-state index >= 15 is 0 Å². The van der Waals surface area contributed by atoms with Gasteiger partial charge in [-0.25, -0.2) is 0 Å². The molecule has 0 heterocycles. The van der Waals surface area contributed by atoms with Gasteiger partial charge in [-0.2, -0.15) is 0 Å². The van der Waals surface area contributed by atoms with Crippen LogP contribution < -0.4 is 4.74 Å². The first-order chi connectivity index (χ1) is 11.3. The van der Waals surface area contributed by atoms with E-state index in [2.05, 4.69) is 36.8 Å². The zero-order valence-electron chi connectivity index (χ0n) is 14.7. The molecule has 0 aromatic heterocycles. The Morgan fingerprint density at radius 3 is 1.96 bits per heavy atom. The predicted molar refractivity (Wildman–Crippen MR) is 92.9 cm³/mol.